The zero-order chi connectivity index (χ0) is 45.5. The van der Waals surface area contributed by atoms with Crippen LogP contribution in [0.1, 0.15) is 83.2 Å². The molecule has 0 unspecified atom stereocenters. The van der Waals surface area contributed by atoms with Gasteiger partial charge in [0.05, 0.1) is 0 Å². The predicted octanol–water partition coefficient (Wildman–Crippen LogP) is 17.9. The van der Waals surface area contributed by atoms with E-state index in [1.165, 1.54) is 89.1 Å². The molecule has 9 rings (SSSR count). The van der Waals surface area contributed by atoms with Crippen LogP contribution in [-0.2, 0) is 5.41 Å². The van der Waals surface area contributed by atoms with Crippen LogP contribution in [0, 0.1) is 20.8 Å². The van der Waals surface area contributed by atoms with Crippen molar-refractivity contribution in [3.05, 3.63) is 222 Å². The van der Waals surface area contributed by atoms with Crippen molar-refractivity contribution in [2.45, 2.75) is 87.6 Å². The molecule has 1 heteroatoms. The van der Waals surface area contributed by atoms with E-state index in [0.717, 1.165) is 0 Å². The molecule has 322 valence electrons. The van der Waals surface area contributed by atoms with Crippen LogP contribution in [0.5, 0.6) is 0 Å². The average Bonchev–Trinajstić information content (AvgIpc) is 3.55. The maximum atomic E-state index is 2.38. The van der Waals surface area contributed by atoms with E-state index in [2.05, 4.69) is 255 Å². The van der Waals surface area contributed by atoms with Crippen molar-refractivity contribution in [3.63, 3.8) is 0 Å². The lowest BCUT2D eigenvalue weighted by atomic mass is 9.82. The molecule has 0 aliphatic heterocycles. The van der Waals surface area contributed by atoms with Gasteiger partial charge in [-0.25, -0.2) is 0 Å². The minimum absolute atomic E-state index is 0.0878. The molecule has 0 saturated heterocycles. The van der Waals surface area contributed by atoms with Gasteiger partial charge in [0.25, 0.3) is 0 Å². The van der Waals surface area contributed by atoms with E-state index in [4.69, 9.17) is 0 Å². The molecule has 0 saturated carbocycles. The van der Waals surface area contributed by atoms with Crippen LogP contribution < -0.4 is 4.90 Å². The van der Waals surface area contributed by atoms with Crippen molar-refractivity contribution < 1.29 is 0 Å². The summed E-state index contributed by atoms with van der Waals surface area (Å²) in [5.74, 6) is 0. The van der Waals surface area contributed by atoms with Gasteiger partial charge in [-0.15, -0.1) is 0 Å². The van der Waals surface area contributed by atoms with Gasteiger partial charge in [-0.2, -0.15) is 0 Å². The van der Waals surface area contributed by atoms with Crippen LogP contribution in [0.3, 0.4) is 0 Å². The van der Waals surface area contributed by atoms with Crippen LogP contribution in [0.2, 0.25) is 0 Å². The fourth-order valence-electron chi connectivity index (χ4n) is 8.13. The minimum atomic E-state index is 0.0878. The lowest BCUT2D eigenvalue weighted by Crippen LogP contribution is -2.26. The van der Waals surface area contributed by atoms with Crippen LogP contribution in [0.4, 0.5) is 5.69 Å². The summed E-state index contributed by atoms with van der Waals surface area (Å²) in [7, 11) is 2.17. The van der Waals surface area contributed by atoms with E-state index in [1.54, 1.807) is 0 Å². The molecule has 63 heavy (non-hydrogen) atoms. The van der Waals surface area contributed by atoms with Crippen molar-refractivity contribution in [2.24, 2.45) is 0 Å². The van der Waals surface area contributed by atoms with Gasteiger partial charge in [0.2, 0.25) is 0 Å². The number of hydrogen-bond donors (Lipinski definition) is 0. The number of benzene rings is 8. The lowest BCUT2D eigenvalue weighted by Gasteiger charge is -2.27. The lowest BCUT2D eigenvalue weighted by molar-refractivity contribution is 0.658. The molecular weight excluding hydrogens is 759 g/mol. The highest BCUT2D eigenvalue weighted by Crippen LogP contribution is 2.50. The fourth-order valence-corrected chi connectivity index (χ4v) is 8.13. The van der Waals surface area contributed by atoms with Gasteiger partial charge in [-0.3, -0.25) is 0 Å². The van der Waals surface area contributed by atoms with E-state index >= 15 is 0 Å². The molecule has 1 aliphatic carbocycles. The number of aryl methyl sites for hydroxylation is 3. The molecule has 0 bridgehead atoms. The third-order valence-corrected chi connectivity index (χ3v) is 11.8. The molecule has 0 amide bonds. The number of fused-ring (bicyclic) bond motifs is 3. The van der Waals surface area contributed by atoms with Gasteiger partial charge < -0.3 is 4.90 Å². The maximum absolute atomic E-state index is 2.38. The second kappa shape index (κ2) is 22.6. The predicted molar refractivity (Wildman–Crippen MR) is 279 cm³/mol. The third-order valence-electron chi connectivity index (χ3n) is 11.8. The maximum Gasteiger partial charge on any atom is 0.0369 e. The molecular formula is C62H69N. The molecule has 0 aromatic heterocycles. The Hall–Kier alpha value is -6.44. The van der Waals surface area contributed by atoms with Crippen molar-refractivity contribution in [1.29, 1.82) is 0 Å². The highest BCUT2D eigenvalue weighted by Gasteiger charge is 2.35. The number of rotatable bonds is 6. The Morgan fingerprint density at radius 2 is 0.714 bits per heavy atom. The second-order valence-corrected chi connectivity index (χ2v) is 16.6. The summed E-state index contributed by atoms with van der Waals surface area (Å²) in [6, 6.07) is 69.8. The summed E-state index contributed by atoms with van der Waals surface area (Å²) in [4.78, 5) is 2.34. The van der Waals surface area contributed by atoms with E-state index in [9.17, 15) is 0 Å². The molecule has 0 N–H and O–H groups in total. The average molecular weight is 828 g/mol. The molecule has 0 radical (unpaired) electrons. The first-order valence-corrected chi connectivity index (χ1v) is 22.9. The fraction of sp³-hybridized carbons (Fsp3) is 0.226. The molecule has 1 aliphatic rings. The van der Waals surface area contributed by atoms with Crippen LogP contribution in [0.25, 0.3) is 55.6 Å². The summed E-state index contributed by atoms with van der Waals surface area (Å²) in [6.07, 6.45) is 0. The molecule has 0 fully saturated rings. The molecule has 8 aromatic carbocycles. The van der Waals surface area contributed by atoms with Crippen molar-refractivity contribution >= 4 is 5.69 Å². The Labute approximate surface area is 381 Å². The van der Waals surface area contributed by atoms with E-state index in [-0.39, 0.29) is 5.41 Å². The zero-order valence-corrected chi connectivity index (χ0v) is 40.0. The Balaban J connectivity index is 0.000000176. The van der Waals surface area contributed by atoms with E-state index < -0.39 is 0 Å². The molecule has 8 aromatic rings. The molecule has 0 spiro atoms. The first-order chi connectivity index (χ1) is 30.5. The number of anilines is 1. The monoisotopic (exact) mass is 828 g/mol. The third kappa shape index (κ3) is 11.5. The van der Waals surface area contributed by atoms with E-state index in [0.29, 0.717) is 6.04 Å². The minimum Gasteiger partial charge on any atom is -0.372 e. The number of hydrogen-bond acceptors (Lipinski definition) is 1. The van der Waals surface area contributed by atoms with Gasteiger partial charge >= 0.3 is 0 Å². The zero-order valence-electron chi connectivity index (χ0n) is 40.0. The summed E-state index contributed by atoms with van der Waals surface area (Å²) < 4.78 is 0. The Kier molecular flexibility index (Phi) is 17.1. The van der Waals surface area contributed by atoms with Gasteiger partial charge in [0.15, 0.2) is 0 Å². The normalized spacial score (nSPS) is 11.4. The second-order valence-electron chi connectivity index (χ2n) is 16.6. The standard InChI is InChI=1S/C24H18.C20H25N.C14H14.2C2H6/c1-4-10-19(11-5-1)22-16-23(20-12-6-2-7-13-20)18-24(17-22)21-14-8-3-9-15-21;1-13(2)21(6)15-8-10-17-16-9-7-14(3)11-18(16)20(4,5)19(17)12-15;1-11-7-3-5-9-13(11)14-10-6-4-8-12(14)2;2*1-2/h1-18H;7-13H,1-6H3;3-10H,1-2H3;2*1-2H3. The SMILES string of the molecule is CC.CC.Cc1ccc2c(c1)C(C)(C)c1cc(N(C)C(C)C)ccc1-2.Cc1ccccc1-c1ccccc1C.c1ccc(-c2cc(-c3ccccc3)cc(-c3ccccc3)c2)cc1. The Morgan fingerprint density at radius 1 is 0.365 bits per heavy atom. The first-order valence-electron chi connectivity index (χ1n) is 22.9. The first kappa shape index (κ1) is 47.6. The van der Waals surface area contributed by atoms with Gasteiger partial charge in [-0.1, -0.05) is 211 Å². The van der Waals surface area contributed by atoms with E-state index in [1.807, 2.05) is 27.7 Å². The summed E-state index contributed by atoms with van der Waals surface area (Å²) >= 11 is 0. The summed E-state index contributed by atoms with van der Waals surface area (Å²) in [5.41, 5.74) is 21.3. The molecule has 0 atom stereocenters. The van der Waals surface area contributed by atoms with Crippen molar-refractivity contribution in [1.82, 2.24) is 0 Å². The molecule has 0 heterocycles. The molecule has 1 nitrogen and oxygen atoms in total. The largest absolute Gasteiger partial charge is 0.372 e. The highest BCUT2D eigenvalue weighted by atomic mass is 15.1. The van der Waals surface area contributed by atoms with Gasteiger partial charge in [0.1, 0.15) is 0 Å². The van der Waals surface area contributed by atoms with Crippen LogP contribution in [0.15, 0.2) is 194 Å². The van der Waals surface area contributed by atoms with Crippen molar-refractivity contribution in [3.8, 4) is 55.6 Å². The highest BCUT2D eigenvalue weighted by molar-refractivity contribution is 5.83. The van der Waals surface area contributed by atoms with Crippen molar-refractivity contribution in [2.75, 3.05) is 11.9 Å². The Morgan fingerprint density at radius 3 is 1.10 bits per heavy atom. The quantitative estimate of drug-likeness (QED) is 0.161. The topological polar surface area (TPSA) is 3.24 Å². The van der Waals surface area contributed by atoms with Crippen LogP contribution in [-0.4, -0.2) is 13.1 Å². The Bertz CT molecular complexity index is 2450. The smallest absolute Gasteiger partial charge is 0.0369 e. The summed E-state index contributed by atoms with van der Waals surface area (Å²) in [5, 5.41) is 0. The van der Waals surface area contributed by atoms with Crippen LogP contribution >= 0.6 is 0 Å². The van der Waals surface area contributed by atoms with Gasteiger partial charge in [0, 0.05) is 24.2 Å². The number of nitrogens with zero attached hydrogens (tertiary/aromatic N) is 1. The van der Waals surface area contributed by atoms with Gasteiger partial charge in [-0.05, 0) is 143 Å². The summed E-state index contributed by atoms with van der Waals surface area (Å²) in [6.45, 7) is 23.6.